The Morgan fingerprint density at radius 2 is 1.70 bits per heavy atom. The first kappa shape index (κ1) is 14.1. The third-order valence-corrected chi connectivity index (χ3v) is 5.19. The zero-order valence-corrected chi connectivity index (χ0v) is 12.8. The first-order chi connectivity index (χ1) is 9.60. The van der Waals surface area contributed by atoms with Crippen LogP contribution in [0.1, 0.15) is 30.9 Å². The van der Waals surface area contributed by atoms with Crippen molar-refractivity contribution >= 4 is 0 Å². The average Bonchev–Trinajstić information content (AvgIpc) is 3.24. The molecule has 1 saturated heterocycles. The van der Waals surface area contributed by atoms with Gasteiger partial charge in [0.25, 0.3) is 0 Å². The lowest BCUT2D eigenvalue weighted by atomic mass is 9.89. The molecule has 3 rings (SSSR count). The van der Waals surface area contributed by atoms with Gasteiger partial charge in [-0.15, -0.1) is 0 Å². The van der Waals surface area contributed by atoms with Crippen molar-refractivity contribution in [1.29, 1.82) is 0 Å². The van der Waals surface area contributed by atoms with Crippen molar-refractivity contribution < 1.29 is 0 Å². The van der Waals surface area contributed by atoms with Gasteiger partial charge in [-0.3, -0.25) is 4.90 Å². The van der Waals surface area contributed by atoms with Gasteiger partial charge in [-0.2, -0.15) is 0 Å². The van der Waals surface area contributed by atoms with Gasteiger partial charge in [0.15, 0.2) is 0 Å². The van der Waals surface area contributed by atoms with Crippen LogP contribution in [-0.4, -0.2) is 49.1 Å². The number of nitrogens with zero attached hydrogens (tertiary/aromatic N) is 2. The van der Waals surface area contributed by atoms with Gasteiger partial charge in [0, 0.05) is 44.2 Å². The standard InChI is InChI=1S/C17H27N3/c1-14(18)17(7-8-17)16-5-3-15(4-6-16)13-20-11-9-19(2)10-12-20/h3-6,14H,7-13,18H2,1-2H3. The molecular weight excluding hydrogens is 246 g/mol. The Hall–Kier alpha value is -0.900. The highest BCUT2D eigenvalue weighted by Crippen LogP contribution is 2.50. The van der Waals surface area contributed by atoms with Gasteiger partial charge in [-0.05, 0) is 37.9 Å². The van der Waals surface area contributed by atoms with E-state index in [4.69, 9.17) is 5.73 Å². The fourth-order valence-electron chi connectivity index (χ4n) is 3.35. The summed E-state index contributed by atoms with van der Waals surface area (Å²) in [6.45, 7) is 7.96. The van der Waals surface area contributed by atoms with E-state index in [1.807, 2.05) is 0 Å². The van der Waals surface area contributed by atoms with Crippen LogP contribution in [0.4, 0.5) is 0 Å². The second-order valence-corrected chi connectivity index (χ2v) is 6.72. The number of hydrogen-bond donors (Lipinski definition) is 1. The van der Waals surface area contributed by atoms with Gasteiger partial charge >= 0.3 is 0 Å². The molecule has 20 heavy (non-hydrogen) atoms. The van der Waals surface area contributed by atoms with Crippen molar-refractivity contribution in [2.45, 2.75) is 37.8 Å². The lowest BCUT2D eigenvalue weighted by Crippen LogP contribution is -2.43. The SMILES string of the molecule is CC(N)C1(c2ccc(CN3CCN(C)CC3)cc2)CC1. The monoisotopic (exact) mass is 273 g/mol. The van der Waals surface area contributed by atoms with Crippen molar-refractivity contribution in [3.8, 4) is 0 Å². The highest BCUT2D eigenvalue weighted by Gasteiger charge is 2.47. The summed E-state index contributed by atoms with van der Waals surface area (Å²) < 4.78 is 0. The molecule has 1 aliphatic heterocycles. The predicted molar refractivity (Wildman–Crippen MR) is 83.8 cm³/mol. The Kier molecular flexibility index (Phi) is 3.85. The van der Waals surface area contributed by atoms with Gasteiger partial charge in [-0.25, -0.2) is 0 Å². The first-order valence-electron chi connectivity index (χ1n) is 7.86. The number of benzene rings is 1. The van der Waals surface area contributed by atoms with E-state index >= 15 is 0 Å². The highest BCUT2D eigenvalue weighted by atomic mass is 15.2. The van der Waals surface area contributed by atoms with Crippen molar-refractivity contribution in [3.63, 3.8) is 0 Å². The number of nitrogens with two attached hydrogens (primary N) is 1. The summed E-state index contributed by atoms with van der Waals surface area (Å²) in [6.07, 6.45) is 2.50. The van der Waals surface area contributed by atoms with Crippen molar-refractivity contribution in [3.05, 3.63) is 35.4 Å². The maximum absolute atomic E-state index is 6.15. The fourth-order valence-corrected chi connectivity index (χ4v) is 3.35. The Bertz CT molecular complexity index is 440. The number of likely N-dealkylation sites (N-methyl/N-ethyl adjacent to an activating group) is 1. The van der Waals surface area contributed by atoms with Crippen LogP contribution in [0.15, 0.2) is 24.3 Å². The van der Waals surface area contributed by atoms with Gasteiger partial charge in [0.05, 0.1) is 0 Å². The molecule has 3 nitrogen and oxygen atoms in total. The molecule has 1 aromatic rings. The second-order valence-electron chi connectivity index (χ2n) is 6.72. The summed E-state index contributed by atoms with van der Waals surface area (Å²) in [7, 11) is 2.20. The Morgan fingerprint density at radius 3 is 2.20 bits per heavy atom. The lowest BCUT2D eigenvalue weighted by molar-refractivity contribution is 0.148. The van der Waals surface area contributed by atoms with Crippen LogP contribution in [0, 0.1) is 0 Å². The van der Waals surface area contributed by atoms with E-state index in [2.05, 4.69) is 48.0 Å². The molecule has 1 unspecified atom stereocenters. The van der Waals surface area contributed by atoms with E-state index in [1.54, 1.807) is 0 Å². The van der Waals surface area contributed by atoms with Gasteiger partial charge in [0.1, 0.15) is 0 Å². The topological polar surface area (TPSA) is 32.5 Å². The maximum atomic E-state index is 6.15. The summed E-state index contributed by atoms with van der Waals surface area (Å²) in [5.41, 5.74) is 9.31. The number of piperazine rings is 1. The second kappa shape index (κ2) is 5.47. The van der Waals surface area contributed by atoms with E-state index in [0.29, 0.717) is 0 Å². The number of hydrogen-bond acceptors (Lipinski definition) is 3. The maximum Gasteiger partial charge on any atom is 0.0234 e. The minimum Gasteiger partial charge on any atom is -0.327 e. The summed E-state index contributed by atoms with van der Waals surface area (Å²) in [6, 6.07) is 9.49. The molecule has 1 aliphatic carbocycles. The van der Waals surface area contributed by atoms with Crippen LogP contribution >= 0.6 is 0 Å². The Balaban J connectivity index is 1.62. The van der Waals surface area contributed by atoms with Crippen LogP contribution in [0.5, 0.6) is 0 Å². The molecule has 1 heterocycles. The van der Waals surface area contributed by atoms with Gasteiger partial charge in [0.2, 0.25) is 0 Å². The molecule has 2 aliphatic rings. The highest BCUT2D eigenvalue weighted by molar-refractivity contribution is 5.35. The molecule has 0 amide bonds. The first-order valence-corrected chi connectivity index (χ1v) is 7.86. The number of rotatable bonds is 4. The average molecular weight is 273 g/mol. The molecule has 1 atom stereocenters. The molecule has 0 bridgehead atoms. The van der Waals surface area contributed by atoms with Crippen molar-refractivity contribution in [1.82, 2.24) is 9.80 Å². The molecule has 0 spiro atoms. The molecule has 0 radical (unpaired) electrons. The summed E-state index contributed by atoms with van der Waals surface area (Å²) in [4.78, 5) is 4.95. The molecule has 110 valence electrons. The van der Waals surface area contributed by atoms with E-state index < -0.39 is 0 Å². The molecule has 1 saturated carbocycles. The van der Waals surface area contributed by atoms with E-state index in [1.165, 1.54) is 50.1 Å². The smallest absolute Gasteiger partial charge is 0.0234 e. The molecule has 1 aromatic carbocycles. The van der Waals surface area contributed by atoms with Crippen LogP contribution in [0.2, 0.25) is 0 Å². The Morgan fingerprint density at radius 1 is 1.10 bits per heavy atom. The summed E-state index contributed by atoms with van der Waals surface area (Å²) >= 11 is 0. The van der Waals surface area contributed by atoms with Gasteiger partial charge in [-0.1, -0.05) is 24.3 Å². The molecule has 0 aromatic heterocycles. The van der Waals surface area contributed by atoms with E-state index in [-0.39, 0.29) is 11.5 Å². The fraction of sp³-hybridized carbons (Fsp3) is 0.647. The minimum atomic E-state index is 0.269. The van der Waals surface area contributed by atoms with E-state index in [9.17, 15) is 0 Å². The summed E-state index contributed by atoms with van der Waals surface area (Å²) in [5.74, 6) is 0. The zero-order valence-electron chi connectivity index (χ0n) is 12.8. The lowest BCUT2D eigenvalue weighted by Gasteiger charge is -2.32. The largest absolute Gasteiger partial charge is 0.327 e. The minimum absolute atomic E-state index is 0.269. The third kappa shape index (κ3) is 2.76. The van der Waals surface area contributed by atoms with Crippen molar-refractivity contribution in [2.24, 2.45) is 5.73 Å². The zero-order chi connectivity index (χ0) is 14.2. The Labute approximate surface area is 122 Å². The van der Waals surface area contributed by atoms with Crippen LogP contribution < -0.4 is 5.73 Å². The summed E-state index contributed by atoms with van der Waals surface area (Å²) in [5, 5.41) is 0. The van der Waals surface area contributed by atoms with Crippen molar-refractivity contribution in [2.75, 3.05) is 33.2 Å². The third-order valence-electron chi connectivity index (χ3n) is 5.19. The predicted octanol–water partition coefficient (Wildman–Crippen LogP) is 1.81. The van der Waals surface area contributed by atoms with Crippen LogP contribution in [0.3, 0.4) is 0 Å². The molecule has 3 heteroatoms. The van der Waals surface area contributed by atoms with Crippen LogP contribution in [-0.2, 0) is 12.0 Å². The molecule has 2 N–H and O–H groups in total. The van der Waals surface area contributed by atoms with Gasteiger partial charge < -0.3 is 10.6 Å². The van der Waals surface area contributed by atoms with E-state index in [0.717, 1.165) is 6.54 Å². The molecular formula is C17H27N3. The van der Waals surface area contributed by atoms with Crippen LogP contribution in [0.25, 0.3) is 0 Å². The normalized spacial score (nSPS) is 24.6. The quantitative estimate of drug-likeness (QED) is 0.908. The molecule has 2 fully saturated rings.